The molecule has 0 saturated carbocycles. The lowest BCUT2D eigenvalue weighted by atomic mass is 10.1. The number of benzene rings is 1. The maximum Gasteiger partial charge on any atom is 0.269 e. The van der Waals surface area contributed by atoms with Gasteiger partial charge >= 0.3 is 0 Å². The van der Waals surface area contributed by atoms with Crippen LogP contribution in [-0.4, -0.2) is 4.92 Å². The van der Waals surface area contributed by atoms with Crippen LogP contribution in [0.5, 0.6) is 0 Å². The van der Waals surface area contributed by atoms with E-state index < -0.39 is 4.92 Å². The number of non-ortho nitro benzene ring substituents is 1. The summed E-state index contributed by atoms with van der Waals surface area (Å²) in [6.45, 7) is 0. The molecule has 0 aliphatic carbocycles. The van der Waals surface area contributed by atoms with Crippen molar-refractivity contribution >= 4 is 18.1 Å². The van der Waals surface area contributed by atoms with Crippen molar-refractivity contribution < 1.29 is 4.92 Å². The van der Waals surface area contributed by atoms with Gasteiger partial charge in [0.2, 0.25) is 0 Å². The third-order valence-electron chi connectivity index (χ3n) is 1.84. The largest absolute Gasteiger partial charge is 0.323 e. The highest BCUT2D eigenvalue weighted by Crippen LogP contribution is 2.17. The number of nitrogens with zero attached hydrogens (tertiary/aromatic N) is 2. The molecular formula is C9H10ClN3O2. The maximum absolute atomic E-state index is 10.3. The number of hydrogen-bond donors (Lipinski definition) is 1. The molecule has 0 heterocycles. The summed E-state index contributed by atoms with van der Waals surface area (Å²) in [6, 6.07) is 7.47. The van der Waals surface area contributed by atoms with E-state index in [1.165, 1.54) is 12.1 Å². The van der Waals surface area contributed by atoms with Crippen molar-refractivity contribution in [1.29, 1.82) is 5.26 Å². The number of hydrogen-bond acceptors (Lipinski definition) is 4. The van der Waals surface area contributed by atoms with Gasteiger partial charge in [0.25, 0.3) is 5.69 Å². The number of halogens is 1. The predicted octanol–water partition coefficient (Wildman–Crippen LogP) is 1.93. The summed E-state index contributed by atoms with van der Waals surface area (Å²) in [7, 11) is 0. The fraction of sp³-hybridized carbons (Fsp3) is 0.222. The summed E-state index contributed by atoms with van der Waals surface area (Å²) < 4.78 is 0. The number of nitro benzene ring substituents is 1. The van der Waals surface area contributed by atoms with Crippen LogP contribution in [0.25, 0.3) is 0 Å². The quantitative estimate of drug-likeness (QED) is 0.631. The van der Waals surface area contributed by atoms with Crippen molar-refractivity contribution in [3.63, 3.8) is 0 Å². The van der Waals surface area contributed by atoms with Gasteiger partial charge in [-0.2, -0.15) is 5.26 Å². The second-order valence-electron chi connectivity index (χ2n) is 2.82. The average Bonchev–Trinajstić information content (AvgIpc) is 2.18. The Bertz CT molecular complexity index is 372. The zero-order valence-electron chi connectivity index (χ0n) is 7.79. The lowest BCUT2D eigenvalue weighted by molar-refractivity contribution is -0.384. The van der Waals surface area contributed by atoms with E-state index in [2.05, 4.69) is 0 Å². The molecule has 2 N–H and O–H groups in total. The first-order valence-corrected chi connectivity index (χ1v) is 4.02. The Morgan fingerprint density at radius 3 is 2.40 bits per heavy atom. The number of nitrogens with two attached hydrogens (primary N) is 1. The molecule has 0 aliphatic rings. The molecule has 1 atom stereocenters. The van der Waals surface area contributed by atoms with Crippen molar-refractivity contribution in [3.05, 3.63) is 39.9 Å². The van der Waals surface area contributed by atoms with Crippen molar-refractivity contribution in [3.8, 4) is 6.07 Å². The summed E-state index contributed by atoms with van der Waals surface area (Å²) in [4.78, 5) is 9.86. The van der Waals surface area contributed by atoms with Crippen molar-refractivity contribution in [2.24, 2.45) is 5.73 Å². The van der Waals surface area contributed by atoms with Gasteiger partial charge in [0, 0.05) is 18.2 Å². The van der Waals surface area contributed by atoms with Crippen LogP contribution in [0.15, 0.2) is 24.3 Å². The fourth-order valence-electron chi connectivity index (χ4n) is 1.06. The van der Waals surface area contributed by atoms with Gasteiger partial charge < -0.3 is 5.73 Å². The summed E-state index contributed by atoms with van der Waals surface area (Å²) in [5.74, 6) is 0. The van der Waals surface area contributed by atoms with Crippen LogP contribution in [0.3, 0.4) is 0 Å². The molecule has 0 aliphatic heterocycles. The molecule has 1 rings (SSSR count). The zero-order valence-corrected chi connectivity index (χ0v) is 8.61. The van der Waals surface area contributed by atoms with Crippen LogP contribution >= 0.6 is 12.4 Å². The standard InChI is InChI=1S/C9H9N3O2.ClH/c10-6-5-9(11)7-1-3-8(4-2-7)12(13)14;/h1-4,9H,5,11H2;1H/t9-;/m1./s1. The molecule has 0 radical (unpaired) electrons. The number of nitro groups is 1. The van der Waals surface area contributed by atoms with Crippen molar-refractivity contribution in [2.75, 3.05) is 0 Å². The molecule has 5 nitrogen and oxygen atoms in total. The minimum atomic E-state index is -0.473. The van der Waals surface area contributed by atoms with Crippen LogP contribution in [0.1, 0.15) is 18.0 Å². The number of nitriles is 1. The summed E-state index contributed by atoms with van der Waals surface area (Å²) in [5, 5.41) is 18.7. The Hall–Kier alpha value is -1.64. The van der Waals surface area contributed by atoms with Gasteiger partial charge in [-0.05, 0) is 5.56 Å². The van der Waals surface area contributed by atoms with E-state index in [4.69, 9.17) is 11.0 Å². The van der Waals surface area contributed by atoms with E-state index in [1.54, 1.807) is 12.1 Å². The normalized spacial score (nSPS) is 10.9. The average molecular weight is 228 g/mol. The van der Waals surface area contributed by atoms with Crippen molar-refractivity contribution in [1.82, 2.24) is 0 Å². The summed E-state index contributed by atoms with van der Waals surface area (Å²) >= 11 is 0. The summed E-state index contributed by atoms with van der Waals surface area (Å²) in [5.41, 5.74) is 6.40. The zero-order chi connectivity index (χ0) is 10.6. The molecule has 6 heteroatoms. The molecule has 0 fully saturated rings. The molecule has 0 bridgehead atoms. The Morgan fingerprint density at radius 1 is 1.47 bits per heavy atom. The third-order valence-corrected chi connectivity index (χ3v) is 1.84. The SMILES string of the molecule is Cl.N#CC[C@@H](N)c1ccc([N+](=O)[O-])cc1. The summed E-state index contributed by atoms with van der Waals surface area (Å²) in [6.07, 6.45) is 0.206. The van der Waals surface area contributed by atoms with E-state index in [0.29, 0.717) is 0 Å². The third kappa shape index (κ3) is 3.54. The van der Waals surface area contributed by atoms with Gasteiger partial charge in [-0.1, -0.05) is 12.1 Å². The Kier molecular flexibility index (Phi) is 5.31. The molecule has 0 aromatic heterocycles. The lowest BCUT2D eigenvalue weighted by Crippen LogP contribution is -2.08. The molecule has 1 aromatic rings. The van der Waals surface area contributed by atoms with E-state index in [0.717, 1.165) is 5.56 Å². The van der Waals surface area contributed by atoms with E-state index in [1.807, 2.05) is 6.07 Å². The smallest absolute Gasteiger partial charge is 0.269 e. The molecule has 1 aromatic carbocycles. The minimum Gasteiger partial charge on any atom is -0.323 e. The van der Waals surface area contributed by atoms with Gasteiger partial charge in [0.05, 0.1) is 17.4 Å². The lowest BCUT2D eigenvalue weighted by Gasteiger charge is -2.06. The topological polar surface area (TPSA) is 93.0 Å². The highest BCUT2D eigenvalue weighted by molar-refractivity contribution is 5.85. The molecule has 0 unspecified atom stereocenters. The molecule has 15 heavy (non-hydrogen) atoms. The molecule has 80 valence electrons. The Labute approximate surface area is 93.1 Å². The van der Waals surface area contributed by atoms with E-state index >= 15 is 0 Å². The molecule has 0 saturated heterocycles. The van der Waals surface area contributed by atoms with Gasteiger partial charge in [-0.25, -0.2) is 0 Å². The van der Waals surface area contributed by atoms with Crippen molar-refractivity contribution in [2.45, 2.75) is 12.5 Å². The highest BCUT2D eigenvalue weighted by atomic mass is 35.5. The first-order valence-electron chi connectivity index (χ1n) is 4.02. The first kappa shape index (κ1) is 13.4. The van der Waals surface area contributed by atoms with Crippen LogP contribution in [0.4, 0.5) is 5.69 Å². The second kappa shape index (κ2) is 5.96. The van der Waals surface area contributed by atoms with Crippen LogP contribution < -0.4 is 5.73 Å². The highest BCUT2D eigenvalue weighted by Gasteiger charge is 2.08. The monoisotopic (exact) mass is 227 g/mol. The van der Waals surface area contributed by atoms with Gasteiger partial charge in [-0.15, -0.1) is 12.4 Å². The Morgan fingerprint density at radius 2 is 2.00 bits per heavy atom. The molecule has 0 amide bonds. The van der Waals surface area contributed by atoms with Gasteiger partial charge in [0.15, 0.2) is 0 Å². The van der Waals surface area contributed by atoms with Gasteiger partial charge in [0.1, 0.15) is 0 Å². The van der Waals surface area contributed by atoms with E-state index in [-0.39, 0.29) is 30.6 Å². The minimum absolute atomic E-state index is 0. The molecular weight excluding hydrogens is 218 g/mol. The fourth-order valence-corrected chi connectivity index (χ4v) is 1.06. The van der Waals surface area contributed by atoms with Gasteiger partial charge in [-0.3, -0.25) is 10.1 Å². The van der Waals surface area contributed by atoms with E-state index in [9.17, 15) is 10.1 Å². The van der Waals surface area contributed by atoms with Crippen LogP contribution in [-0.2, 0) is 0 Å². The first-order chi connectivity index (χ1) is 6.65. The van der Waals surface area contributed by atoms with Crippen LogP contribution in [0.2, 0.25) is 0 Å². The maximum atomic E-state index is 10.3. The second-order valence-corrected chi connectivity index (χ2v) is 2.82. The van der Waals surface area contributed by atoms with Crippen LogP contribution in [0, 0.1) is 21.4 Å². The molecule has 0 spiro atoms. The predicted molar refractivity (Wildman–Crippen MR) is 57.5 cm³/mol. The number of rotatable bonds is 3. The Balaban J connectivity index is 0.00000196.